The molecule has 0 atom stereocenters. The van der Waals surface area contributed by atoms with Gasteiger partial charge in [0.25, 0.3) is 21.8 Å². The van der Waals surface area contributed by atoms with Gasteiger partial charge >= 0.3 is 0 Å². The van der Waals surface area contributed by atoms with Gasteiger partial charge in [0, 0.05) is 36.4 Å². The Morgan fingerprint density at radius 2 is 1.38 bits per heavy atom. The van der Waals surface area contributed by atoms with Crippen LogP contribution in [0.2, 0.25) is 0 Å². The molecular weight excluding hydrogens is 450 g/mol. The van der Waals surface area contributed by atoms with Crippen LogP contribution < -0.4 is 10.0 Å². The van der Waals surface area contributed by atoms with Crippen LogP contribution in [0.1, 0.15) is 45.5 Å². The molecule has 0 unspecified atom stereocenters. The molecule has 176 valence electrons. The van der Waals surface area contributed by atoms with Crippen molar-refractivity contribution in [2.75, 3.05) is 17.8 Å². The van der Waals surface area contributed by atoms with E-state index in [1.807, 2.05) is 17.0 Å². The molecule has 0 saturated carbocycles. The molecule has 1 saturated heterocycles. The Kier molecular flexibility index (Phi) is 7.27. The fourth-order valence-electron chi connectivity index (χ4n) is 3.83. The van der Waals surface area contributed by atoms with Gasteiger partial charge < -0.3 is 10.2 Å². The van der Waals surface area contributed by atoms with Gasteiger partial charge in [-0.25, -0.2) is 8.42 Å². The minimum Gasteiger partial charge on any atom is -0.348 e. The summed E-state index contributed by atoms with van der Waals surface area (Å²) in [5.74, 6) is -0.218. The number of piperidine rings is 1. The fraction of sp³-hybridized carbons (Fsp3) is 0.231. The topological polar surface area (TPSA) is 95.6 Å². The van der Waals surface area contributed by atoms with Crippen molar-refractivity contribution in [3.8, 4) is 0 Å². The Bertz CT molecular complexity index is 1240. The maximum atomic E-state index is 12.6. The number of benzene rings is 3. The molecule has 0 aromatic heterocycles. The lowest BCUT2D eigenvalue weighted by molar-refractivity contribution is 0.0724. The van der Waals surface area contributed by atoms with Crippen molar-refractivity contribution >= 4 is 27.5 Å². The highest BCUT2D eigenvalue weighted by atomic mass is 32.2. The third-order valence-electron chi connectivity index (χ3n) is 5.75. The average Bonchev–Trinajstić information content (AvgIpc) is 2.88. The Hall–Kier alpha value is -3.65. The zero-order valence-electron chi connectivity index (χ0n) is 18.7. The number of carbonyl (C=O) groups is 2. The summed E-state index contributed by atoms with van der Waals surface area (Å²) < 4.78 is 27.3. The minimum atomic E-state index is -3.69. The molecule has 0 bridgehead atoms. The number of nitrogens with one attached hydrogen (secondary N) is 2. The van der Waals surface area contributed by atoms with Gasteiger partial charge in [-0.15, -0.1) is 0 Å². The van der Waals surface area contributed by atoms with Crippen LogP contribution in [-0.4, -0.2) is 38.2 Å². The summed E-state index contributed by atoms with van der Waals surface area (Å²) in [6.45, 7) is 1.94. The first-order chi connectivity index (χ1) is 16.4. The van der Waals surface area contributed by atoms with E-state index in [4.69, 9.17) is 0 Å². The highest BCUT2D eigenvalue weighted by molar-refractivity contribution is 7.92. The van der Waals surface area contributed by atoms with Crippen molar-refractivity contribution in [1.29, 1.82) is 0 Å². The second kappa shape index (κ2) is 10.5. The van der Waals surface area contributed by atoms with Crippen LogP contribution >= 0.6 is 0 Å². The lowest BCUT2D eigenvalue weighted by Gasteiger charge is -2.26. The summed E-state index contributed by atoms with van der Waals surface area (Å²) in [6.07, 6.45) is 3.28. The zero-order chi connectivity index (χ0) is 24.0. The van der Waals surface area contributed by atoms with Crippen LogP contribution in [0, 0.1) is 0 Å². The number of carbonyl (C=O) groups excluding carboxylic acids is 2. The summed E-state index contributed by atoms with van der Waals surface area (Å²) in [7, 11) is -3.69. The van der Waals surface area contributed by atoms with Crippen LogP contribution in [0.15, 0.2) is 83.8 Å². The van der Waals surface area contributed by atoms with Crippen molar-refractivity contribution in [3.05, 3.63) is 95.6 Å². The molecule has 34 heavy (non-hydrogen) atoms. The van der Waals surface area contributed by atoms with Crippen LogP contribution in [0.4, 0.5) is 5.69 Å². The third kappa shape index (κ3) is 5.82. The van der Waals surface area contributed by atoms with E-state index >= 15 is 0 Å². The smallest absolute Gasteiger partial charge is 0.261 e. The van der Waals surface area contributed by atoms with Crippen molar-refractivity contribution in [1.82, 2.24) is 10.2 Å². The zero-order valence-corrected chi connectivity index (χ0v) is 19.6. The van der Waals surface area contributed by atoms with Crippen molar-refractivity contribution in [2.45, 2.75) is 30.7 Å². The number of hydrogen-bond acceptors (Lipinski definition) is 4. The van der Waals surface area contributed by atoms with E-state index in [9.17, 15) is 18.0 Å². The summed E-state index contributed by atoms with van der Waals surface area (Å²) in [5.41, 5.74) is 2.33. The number of sulfonamides is 1. The quantitative estimate of drug-likeness (QED) is 0.537. The van der Waals surface area contributed by atoms with E-state index in [0.717, 1.165) is 31.5 Å². The molecular formula is C26H27N3O4S. The number of hydrogen-bond donors (Lipinski definition) is 2. The van der Waals surface area contributed by atoms with Crippen molar-refractivity contribution in [2.24, 2.45) is 0 Å². The molecule has 7 nitrogen and oxygen atoms in total. The third-order valence-corrected chi connectivity index (χ3v) is 7.15. The van der Waals surface area contributed by atoms with E-state index < -0.39 is 10.0 Å². The van der Waals surface area contributed by atoms with Gasteiger partial charge in [0.15, 0.2) is 0 Å². The lowest BCUT2D eigenvalue weighted by atomic mass is 10.1. The van der Waals surface area contributed by atoms with E-state index in [0.29, 0.717) is 23.4 Å². The standard InChI is InChI=1S/C26H27N3O4S/c30-25(21-13-15-23(16-14-21)28-34(32,33)24-7-3-1-4-8-24)27-19-20-9-11-22(12-10-20)26(31)29-17-5-2-6-18-29/h1,3-4,7-16,28H,2,5-6,17-19H2,(H,27,30). The molecule has 3 aromatic carbocycles. The second-order valence-electron chi connectivity index (χ2n) is 8.23. The second-order valence-corrected chi connectivity index (χ2v) is 9.91. The molecule has 0 spiro atoms. The molecule has 1 aliphatic rings. The summed E-state index contributed by atoms with van der Waals surface area (Å²) in [6, 6.07) is 21.6. The Balaban J connectivity index is 1.31. The number of likely N-dealkylation sites (tertiary alicyclic amines) is 1. The largest absolute Gasteiger partial charge is 0.348 e. The first kappa shape index (κ1) is 23.5. The van der Waals surface area contributed by atoms with E-state index in [1.54, 1.807) is 54.6 Å². The van der Waals surface area contributed by atoms with Crippen molar-refractivity contribution in [3.63, 3.8) is 0 Å². The number of anilines is 1. The number of rotatable bonds is 7. The van der Waals surface area contributed by atoms with Gasteiger partial charge in [0.1, 0.15) is 0 Å². The van der Waals surface area contributed by atoms with Gasteiger partial charge in [-0.05, 0) is 73.4 Å². The minimum absolute atomic E-state index is 0.0539. The maximum absolute atomic E-state index is 12.6. The maximum Gasteiger partial charge on any atom is 0.261 e. The average molecular weight is 478 g/mol. The molecule has 3 aromatic rings. The Morgan fingerprint density at radius 3 is 2.03 bits per heavy atom. The molecule has 1 aliphatic heterocycles. The molecule has 4 rings (SSSR count). The van der Waals surface area contributed by atoms with Crippen molar-refractivity contribution < 1.29 is 18.0 Å². The summed E-state index contributed by atoms with van der Waals surface area (Å²) in [5, 5.41) is 2.85. The van der Waals surface area contributed by atoms with Gasteiger partial charge in [0.05, 0.1) is 4.90 Å². The Labute approximate surface area is 199 Å². The molecule has 0 aliphatic carbocycles. The first-order valence-electron chi connectivity index (χ1n) is 11.3. The first-order valence-corrected chi connectivity index (χ1v) is 12.7. The van der Waals surface area contributed by atoms with Crippen LogP contribution in [0.3, 0.4) is 0 Å². The summed E-state index contributed by atoms with van der Waals surface area (Å²) in [4.78, 5) is 27.1. The van der Waals surface area contributed by atoms with E-state index in [1.165, 1.54) is 18.6 Å². The van der Waals surface area contributed by atoms with E-state index in [2.05, 4.69) is 10.0 Å². The molecule has 0 radical (unpaired) electrons. The van der Waals surface area contributed by atoms with Crippen LogP contribution in [-0.2, 0) is 16.6 Å². The molecule has 1 heterocycles. The highest BCUT2D eigenvalue weighted by Gasteiger charge is 2.18. The molecule has 1 fully saturated rings. The van der Waals surface area contributed by atoms with Gasteiger partial charge in [-0.1, -0.05) is 30.3 Å². The van der Waals surface area contributed by atoms with Gasteiger partial charge in [0.2, 0.25) is 0 Å². The predicted octanol–water partition coefficient (Wildman–Crippen LogP) is 4.04. The Morgan fingerprint density at radius 1 is 0.765 bits per heavy atom. The number of nitrogens with zero attached hydrogens (tertiary/aromatic N) is 1. The monoisotopic (exact) mass is 477 g/mol. The highest BCUT2D eigenvalue weighted by Crippen LogP contribution is 2.17. The van der Waals surface area contributed by atoms with E-state index in [-0.39, 0.29) is 16.7 Å². The summed E-state index contributed by atoms with van der Waals surface area (Å²) >= 11 is 0. The SMILES string of the molecule is O=C(NCc1ccc(C(=O)N2CCCCC2)cc1)c1ccc(NS(=O)(=O)c2ccccc2)cc1. The van der Waals surface area contributed by atoms with Crippen LogP contribution in [0.5, 0.6) is 0 Å². The predicted molar refractivity (Wildman–Crippen MR) is 131 cm³/mol. The molecule has 2 N–H and O–H groups in total. The van der Waals surface area contributed by atoms with Gasteiger partial charge in [-0.2, -0.15) is 0 Å². The normalized spacial score (nSPS) is 13.8. The fourth-order valence-corrected chi connectivity index (χ4v) is 4.91. The lowest BCUT2D eigenvalue weighted by Crippen LogP contribution is -2.35. The molecule has 8 heteroatoms. The van der Waals surface area contributed by atoms with Gasteiger partial charge in [-0.3, -0.25) is 14.3 Å². The van der Waals surface area contributed by atoms with Crippen LogP contribution in [0.25, 0.3) is 0 Å². The number of amides is 2. The molecule has 2 amide bonds.